The summed E-state index contributed by atoms with van der Waals surface area (Å²) in [6, 6.07) is 68.6. The smallest absolute Gasteiger partial charge is 0.135 e. The molecule has 0 atom stereocenters. The third-order valence-electron chi connectivity index (χ3n) is 11.9. The zero-order chi connectivity index (χ0) is 36.7. The highest BCUT2D eigenvalue weighted by Crippen LogP contribution is 2.51. The zero-order valence-electron chi connectivity index (χ0n) is 30.8. The Kier molecular flexibility index (Phi) is 6.93. The van der Waals surface area contributed by atoms with Gasteiger partial charge in [0.05, 0.1) is 0 Å². The van der Waals surface area contributed by atoms with Crippen LogP contribution >= 0.6 is 0 Å². The van der Waals surface area contributed by atoms with Crippen molar-refractivity contribution in [1.82, 2.24) is 0 Å². The van der Waals surface area contributed by atoms with Crippen LogP contribution in [0.25, 0.3) is 76.9 Å². The van der Waals surface area contributed by atoms with E-state index in [-0.39, 0.29) is 5.41 Å². The van der Waals surface area contributed by atoms with Crippen molar-refractivity contribution in [2.75, 3.05) is 4.90 Å². The summed E-state index contributed by atoms with van der Waals surface area (Å²) in [5, 5.41) is 7.35. The Morgan fingerprint density at radius 3 is 1.95 bits per heavy atom. The monoisotopic (exact) mass is 703 g/mol. The molecular weight excluding hydrogens is 667 g/mol. The van der Waals surface area contributed by atoms with Crippen LogP contribution in [0.1, 0.15) is 25.0 Å². The highest BCUT2D eigenvalue weighted by atomic mass is 16.3. The molecule has 0 N–H and O–H groups in total. The molecular formula is C53H37NO. The average Bonchev–Trinajstić information content (AvgIpc) is 3.72. The number of furan rings is 1. The van der Waals surface area contributed by atoms with Gasteiger partial charge in [-0.05, 0) is 121 Å². The molecule has 260 valence electrons. The molecule has 55 heavy (non-hydrogen) atoms. The van der Waals surface area contributed by atoms with Gasteiger partial charge in [0.25, 0.3) is 0 Å². The van der Waals surface area contributed by atoms with Crippen LogP contribution in [0.3, 0.4) is 0 Å². The molecule has 1 aliphatic carbocycles. The van der Waals surface area contributed by atoms with Gasteiger partial charge >= 0.3 is 0 Å². The van der Waals surface area contributed by atoms with Gasteiger partial charge in [0.1, 0.15) is 11.2 Å². The Morgan fingerprint density at radius 1 is 0.364 bits per heavy atom. The predicted molar refractivity (Wildman–Crippen MR) is 232 cm³/mol. The molecule has 9 aromatic carbocycles. The van der Waals surface area contributed by atoms with E-state index in [0.29, 0.717) is 0 Å². The maximum absolute atomic E-state index is 6.14. The lowest BCUT2D eigenvalue weighted by Crippen LogP contribution is -2.15. The summed E-state index contributed by atoms with van der Waals surface area (Å²) < 4.78 is 6.14. The zero-order valence-corrected chi connectivity index (χ0v) is 30.8. The van der Waals surface area contributed by atoms with E-state index in [1.165, 1.54) is 60.5 Å². The topological polar surface area (TPSA) is 16.4 Å². The van der Waals surface area contributed by atoms with Gasteiger partial charge in [-0.15, -0.1) is 0 Å². The molecule has 0 saturated carbocycles. The fourth-order valence-electron chi connectivity index (χ4n) is 9.11. The first kappa shape index (κ1) is 31.6. The van der Waals surface area contributed by atoms with Crippen LogP contribution in [-0.2, 0) is 5.41 Å². The van der Waals surface area contributed by atoms with Crippen LogP contribution in [0.15, 0.2) is 192 Å². The lowest BCUT2D eigenvalue weighted by atomic mass is 9.82. The Bertz CT molecular complexity index is 3130. The van der Waals surface area contributed by atoms with Gasteiger partial charge < -0.3 is 9.32 Å². The summed E-state index contributed by atoms with van der Waals surface area (Å²) in [6.07, 6.45) is 0. The largest absolute Gasteiger partial charge is 0.456 e. The maximum atomic E-state index is 6.14. The number of para-hydroxylation sites is 1. The average molecular weight is 704 g/mol. The second-order valence-electron chi connectivity index (χ2n) is 15.3. The Hall–Kier alpha value is -6.90. The van der Waals surface area contributed by atoms with E-state index < -0.39 is 0 Å². The van der Waals surface area contributed by atoms with Crippen LogP contribution in [-0.4, -0.2) is 0 Å². The van der Waals surface area contributed by atoms with E-state index in [4.69, 9.17) is 4.42 Å². The van der Waals surface area contributed by atoms with Crippen LogP contribution in [0.4, 0.5) is 17.1 Å². The Labute approximate surface area is 320 Å². The lowest BCUT2D eigenvalue weighted by molar-refractivity contribution is 0.660. The third-order valence-corrected chi connectivity index (χ3v) is 11.9. The van der Waals surface area contributed by atoms with Gasteiger partial charge in [0.2, 0.25) is 0 Å². The van der Waals surface area contributed by atoms with Gasteiger partial charge in [0, 0.05) is 33.2 Å². The highest BCUT2D eigenvalue weighted by Gasteiger charge is 2.35. The molecule has 0 spiro atoms. The summed E-state index contributed by atoms with van der Waals surface area (Å²) >= 11 is 0. The summed E-state index contributed by atoms with van der Waals surface area (Å²) in [4.78, 5) is 2.41. The Balaban J connectivity index is 1.06. The van der Waals surface area contributed by atoms with Gasteiger partial charge in [-0.3, -0.25) is 0 Å². The van der Waals surface area contributed by atoms with Crippen molar-refractivity contribution in [3.63, 3.8) is 0 Å². The maximum Gasteiger partial charge on any atom is 0.135 e. The number of anilines is 3. The molecule has 1 aromatic heterocycles. The van der Waals surface area contributed by atoms with E-state index in [1.807, 2.05) is 12.1 Å². The summed E-state index contributed by atoms with van der Waals surface area (Å²) in [5.41, 5.74) is 15.2. The van der Waals surface area contributed by atoms with E-state index >= 15 is 0 Å². The minimum absolute atomic E-state index is 0.0587. The molecule has 1 aliphatic rings. The van der Waals surface area contributed by atoms with E-state index in [1.54, 1.807) is 0 Å². The number of hydrogen-bond acceptors (Lipinski definition) is 2. The molecule has 0 fully saturated rings. The normalized spacial score (nSPS) is 13.1. The molecule has 2 heteroatoms. The molecule has 1 heterocycles. The van der Waals surface area contributed by atoms with Crippen molar-refractivity contribution in [1.29, 1.82) is 0 Å². The second kappa shape index (κ2) is 12.1. The molecule has 0 bridgehead atoms. The summed E-state index contributed by atoms with van der Waals surface area (Å²) in [5.74, 6) is 0. The molecule has 2 nitrogen and oxygen atoms in total. The number of benzene rings is 9. The summed E-state index contributed by atoms with van der Waals surface area (Å²) in [7, 11) is 0. The number of hydrogen-bond donors (Lipinski definition) is 0. The minimum Gasteiger partial charge on any atom is -0.456 e. The predicted octanol–water partition coefficient (Wildman–Crippen LogP) is 15.0. The van der Waals surface area contributed by atoms with Gasteiger partial charge in [-0.25, -0.2) is 0 Å². The van der Waals surface area contributed by atoms with Crippen LogP contribution < -0.4 is 4.90 Å². The SMILES string of the molecule is CC1(C)c2ccccc2-c2cc(N(c3ccc(-c4ccc5oc6ccccc6c5c4)cc3)c3cccc(-c4cccc5c4ccc4ccccc45)c3)ccc21. The van der Waals surface area contributed by atoms with Crippen molar-refractivity contribution in [2.24, 2.45) is 0 Å². The second-order valence-corrected chi connectivity index (χ2v) is 15.3. The molecule has 0 unspecified atom stereocenters. The quantitative estimate of drug-likeness (QED) is 0.166. The van der Waals surface area contributed by atoms with Crippen LogP contribution in [0.2, 0.25) is 0 Å². The van der Waals surface area contributed by atoms with Crippen molar-refractivity contribution in [3.8, 4) is 33.4 Å². The number of fused-ring (bicyclic) bond motifs is 9. The third kappa shape index (κ3) is 4.95. The minimum atomic E-state index is -0.0587. The van der Waals surface area contributed by atoms with E-state index in [0.717, 1.165) is 44.6 Å². The van der Waals surface area contributed by atoms with Gasteiger partial charge in [0.15, 0.2) is 0 Å². The van der Waals surface area contributed by atoms with E-state index in [9.17, 15) is 0 Å². The Morgan fingerprint density at radius 2 is 1.04 bits per heavy atom. The molecule has 0 aliphatic heterocycles. The van der Waals surface area contributed by atoms with E-state index in [2.05, 4.69) is 195 Å². The fourth-order valence-corrected chi connectivity index (χ4v) is 9.11. The van der Waals surface area contributed by atoms with Crippen LogP contribution in [0.5, 0.6) is 0 Å². The first-order valence-corrected chi connectivity index (χ1v) is 19.1. The summed E-state index contributed by atoms with van der Waals surface area (Å²) in [6.45, 7) is 4.68. The molecule has 0 saturated heterocycles. The lowest BCUT2D eigenvalue weighted by Gasteiger charge is -2.28. The molecule has 0 amide bonds. The highest BCUT2D eigenvalue weighted by molar-refractivity contribution is 6.12. The first-order chi connectivity index (χ1) is 27.0. The number of nitrogens with zero attached hydrogens (tertiary/aromatic N) is 1. The number of rotatable bonds is 5. The molecule has 10 aromatic rings. The van der Waals surface area contributed by atoms with Crippen molar-refractivity contribution < 1.29 is 4.42 Å². The molecule has 11 rings (SSSR count). The van der Waals surface area contributed by atoms with Gasteiger partial charge in [-0.1, -0.05) is 147 Å². The fraction of sp³-hybridized carbons (Fsp3) is 0.0566. The van der Waals surface area contributed by atoms with Crippen molar-refractivity contribution >= 4 is 60.5 Å². The van der Waals surface area contributed by atoms with Crippen molar-refractivity contribution in [2.45, 2.75) is 19.3 Å². The first-order valence-electron chi connectivity index (χ1n) is 19.1. The van der Waals surface area contributed by atoms with Crippen molar-refractivity contribution in [3.05, 3.63) is 199 Å². The molecule has 0 radical (unpaired) electrons. The van der Waals surface area contributed by atoms with Crippen LogP contribution in [0, 0.1) is 0 Å². The standard InChI is InChI=1S/C53H37NO/c1-53(2)49-19-7-5-15-45(49)47-33-40(27-29-50(47)53)54(38-25-21-34(22-26-38)36-24-30-52-48(32-36)46-16-6-8-20-51(46)55-52)39-13-9-12-37(31-39)42-17-10-18-43-41-14-4-3-11-35(41)23-28-44(42)43/h3-33H,1-2H3. The van der Waals surface area contributed by atoms with Gasteiger partial charge in [-0.2, -0.15) is 0 Å².